The van der Waals surface area contributed by atoms with Gasteiger partial charge in [0.25, 0.3) is 0 Å². The molecule has 0 aliphatic heterocycles. The van der Waals surface area contributed by atoms with E-state index in [0.717, 1.165) is 26.8 Å². The summed E-state index contributed by atoms with van der Waals surface area (Å²) in [6.45, 7) is 0.613. The van der Waals surface area contributed by atoms with E-state index in [1.807, 2.05) is 22.7 Å². The molecule has 74 valence electrons. The molecule has 2 N–H and O–H groups in total. The lowest BCUT2D eigenvalue weighted by Crippen LogP contribution is -2.06. The van der Waals surface area contributed by atoms with Gasteiger partial charge in [-0.25, -0.2) is 4.98 Å². The van der Waals surface area contributed by atoms with Crippen molar-refractivity contribution in [2.75, 3.05) is 6.54 Å². The third-order valence-corrected chi connectivity index (χ3v) is 3.08. The Balaban J connectivity index is 2.65. The molecule has 0 fully saturated rings. The van der Waals surface area contributed by atoms with E-state index in [1.165, 1.54) is 0 Å². The van der Waals surface area contributed by atoms with Gasteiger partial charge in [0.2, 0.25) is 0 Å². The van der Waals surface area contributed by atoms with Gasteiger partial charge in [-0.1, -0.05) is 15.9 Å². The van der Waals surface area contributed by atoms with Crippen molar-refractivity contribution in [3.05, 3.63) is 33.2 Å². The van der Waals surface area contributed by atoms with E-state index < -0.39 is 0 Å². The molecular formula is C9H9Br2N3. The van der Waals surface area contributed by atoms with Crippen molar-refractivity contribution in [3.8, 4) is 0 Å². The first-order valence-electron chi connectivity index (χ1n) is 4.24. The van der Waals surface area contributed by atoms with Crippen molar-refractivity contribution in [3.63, 3.8) is 0 Å². The van der Waals surface area contributed by atoms with Gasteiger partial charge in [-0.15, -0.1) is 0 Å². The van der Waals surface area contributed by atoms with Crippen molar-refractivity contribution < 1.29 is 0 Å². The number of hydrogen-bond acceptors (Lipinski definition) is 2. The molecule has 0 radical (unpaired) electrons. The fourth-order valence-corrected chi connectivity index (χ4v) is 2.23. The Morgan fingerprint density at radius 3 is 2.93 bits per heavy atom. The molecule has 0 aliphatic rings. The van der Waals surface area contributed by atoms with E-state index in [0.29, 0.717) is 6.54 Å². The molecule has 0 amide bonds. The summed E-state index contributed by atoms with van der Waals surface area (Å²) >= 11 is 6.86. The number of halogens is 2. The first-order valence-corrected chi connectivity index (χ1v) is 5.83. The van der Waals surface area contributed by atoms with Crippen LogP contribution in [-0.4, -0.2) is 15.9 Å². The highest BCUT2D eigenvalue weighted by atomic mass is 79.9. The van der Waals surface area contributed by atoms with Crippen LogP contribution in [0.5, 0.6) is 0 Å². The smallest absolute Gasteiger partial charge is 0.132 e. The third-order valence-electron chi connectivity index (χ3n) is 2.00. The Hall–Kier alpha value is -0.390. The van der Waals surface area contributed by atoms with Crippen LogP contribution in [0.4, 0.5) is 0 Å². The van der Waals surface area contributed by atoms with Crippen LogP contribution in [0, 0.1) is 0 Å². The Morgan fingerprint density at radius 2 is 2.21 bits per heavy atom. The second kappa shape index (κ2) is 4.00. The molecule has 0 aliphatic carbocycles. The van der Waals surface area contributed by atoms with Crippen molar-refractivity contribution >= 4 is 37.4 Å². The average Bonchev–Trinajstić information content (AvgIpc) is 2.44. The maximum atomic E-state index is 5.51. The minimum atomic E-state index is 0.613. The summed E-state index contributed by atoms with van der Waals surface area (Å²) in [4.78, 5) is 4.40. The number of nitrogens with zero attached hydrogens (tertiary/aromatic N) is 2. The molecule has 14 heavy (non-hydrogen) atoms. The van der Waals surface area contributed by atoms with Gasteiger partial charge in [-0.05, 0) is 34.6 Å². The average molecular weight is 319 g/mol. The molecule has 2 aromatic rings. The van der Waals surface area contributed by atoms with Gasteiger partial charge < -0.3 is 10.1 Å². The van der Waals surface area contributed by atoms with Crippen LogP contribution < -0.4 is 5.73 Å². The summed E-state index contributed by atoms with van der Waals surface area (Å²) in [7, 11) is 0. The second-order valence-electron chi connectivity index (χ2n) is 2.96. The number of fused-ring (bicyclic) bond motifs is 1. The quantitative estimate of drug-likeness (QED) is 0.923. The van der Waals surface area contributed by atoms with E-state index in [2.05, 4.69) is 36.8 Å². The summed E-state index contributed by atoms with van der Waals surface area (Å²) in [6, 6.07) is 4.01. The van der Waals surface area contributed by atoms with Crippen LogP contribution >= 0.6 is 31.9 Å². The first kappa shape index (κ1) is 10.1. The summed E-state index contributed by atoms with van der Waals surface area (Å²) in [5.41, 5.74) is 6.57. The molecule has 2 heterocycles. The van der Waals surface area contributed by atoms with Gasteiger partial charge in [-0.2, -0.15) is 0 Å². The molecule has 3 nitrogen and oxygen atoms in total. The molecule has 0 atom stereocenters. The standard InChI is InChI=1S/C9H9Br2N3/c10-6-2-4-14-7(5-6)9(11)13-8(14)1-3-12/h2,4-5H,1,3,12H2. The van der Waals surface area contributed by atoms with Gasteiger partial charge in [-0.3, -0.25) is 0 Å². The van der Waals surface area contributed by atoms with Crippen molar-refractivity contribution in [1.82, 2.24) is 9.38 Å². The zero-order chi connectivity index (χ0) is 10.1. The Bertz CT molecular complexity index is 464. The SMILES string of the molecule is NCCc1nc(Br)c2cc(Br)ccn12. The van der Waals surface area contributed by atoms with Gasteiger partial charge in [0.05, 0.1) is 5.52 Å². The summed E-state index contributed by atoms with van der Waals surface area (Å²) in [5, 5.41) is 0. The summed E-state index contributed by atoms with van der Waals surface area (Å²) < 4.78 is 3.95. The molecule has 2 aromatic heterocycles. The topological polar surface area (TPSA) is 43.3 Å². The molecule has 5 heteroatoms. The monoisotopic (exact) mass is 317 g/mol. The van der Waals surface area contributed by atoms with E-state index in [4.69, 9.17) is 5.73 Å². The highest BCUT2D eigenvalue weighted by molar-refractivity contribution is 9.11. The summed E-state index contributed by atoms with van der Waals surface area (Å²) in [6.07, 6.45) is 2.77. The second-order valence-corrected chi connectivity index (χ2v) is 4.62. The van der Waals surface area contributed by atoms with Crippen LogP contribution in [0.2, 0.25) is 0 Å². The lowest BCUT2D eigenvalue weighted by Gasteiger charge is -1.98. The highest BCUT2D eigenvalue weighted by Gasteiger charge is 2.07. The van der Waals surface area contributed by atoms with Crippen LogP contribution in [0.1, 0.15) is 5.82 Å². The Kier molecular flexibility index (Phi) is 2.90. The van der Waals surface area contributed by atoms with Crippen LogP contribution in [-0.2, 0) is 6.42 Å². The van der Waals surface area contributed by atoms with Crippen LogP contribution in [0.3, 0.4) is 0 Å². The normalized spacial score (nSPS) is 11.1. The molecule has 0 unspecified atom stereocenters. The zero-order valence-electron chi connectivity index (χ0n) is 7.37. The van der Waals surface area contributed by atoms with Crippen molar-refractivity contribution in [1.29, 1.82) is 0 Å². The molecule has 0 aromatic carbocycles. The maximum Gasteiger partial charge on any atom is 0.132 e. The number of nitrogens with two attached hydrogens (primary N) is 1. The first-order chi connectivity index (χ1) is 6.72. The number of imidazole rings is 1. The van der Waals surface area contributed by atoms with Crippen LogP contribution in [0.25, 0.3) is 5.52 Å². The summed E-state index contributed by atoms with van der Waals surface area (Å²) in [5.74, 6) is 0.988. The van der Waals surface area contributed by atoms with E-state index in [9.17, 15) is 0 Å². The molecule has 0 spiro atoms. The van der Waals surface area contributed by atoms with Crippen molar-refractivity contribution in [2.45, 2.75) is 6.42 Å². The number of hydrogen-bond donors (Lipinski definition) is 1. The predicted octanol–water partition coefficient (Wildman–Crippen LogP) is 2.36. The lowest BCUT2D eigenvalue weighted by molar-refractivity contribution is 0.861. The minimum Gasteiger partial charge on any atom is -0.330 e. The van der Waals surface area contributed by atoms with Gasteiger partial charge >= 0.3 is 0 Å². The van der Waals surface area contributed by atoms with Crippen LogP contribution in [0.15, 0.2) is 27.4 Å². The third kappa shape index (κ3) is 1.71. The predicted molar refractivity (Wildman–Crippen MR) is 63.4 cm³/mol. The highest BCUT2D eigenvalue weighted by Crippen LogP contribution is 2.22. The van der Waals surface area contributed by atoms with Gasteiger partial charge in [0.15, 0.2) is 0 Å². The fourth-order valence-electron chi connectivity index (χ4n) is 1.39. The van der Waals surface area contributed by atoms with Gasteiger partial charge in [0, 0.05) is 17.1 Å². The van der Waals surface area contributed by atoms with Crippen molar-refractivity contribution in [2.24, 2.45) is 5.73 Å². The van der Waals surface area contributed by atoms with E-state index in [1.54, 1.807) is 0 Å². The van der Waals surface area contributed by atoms with E-state index >= 15 is 0 Å². The molecule has 2 rings (SSSR count). The molecule has 0 saturated heterocycles. The number of pyridine rings is 1. The lowest BCUT2D eigenvalue weighted by atomic mass is 10.4. The van der Waals surface area contributed by atoms with E-state index in [-0.39, 0.29) is 0 Å². The Morgan fingerprint density at radius 1 is 1.43 bits per heavy atom. The largest absolute Gasteiger partial charge is 0.330 e. The molecule has 0 bridgehead atoms. The molecule has 0 saturated carbocycles. The van der Waals surface area contributed by atoms with Gasteiger partial charge in [0.1, 0.15) is 10.4 Å². The fraction of sp³-hybridized carbons (Fsp3) is 0.222. The Labute approximate surface area is 98.6 Å². The number of aromatic nitrogens is 2. The zero-order valence-corrected chi connectivity index (χ0v) is 10.5. The minimum absolute atomic E-state index is 0.613. The number of rotatable bonds is 2. The molecular weight excluding hydrogens is 310 g/mol. The maximum absolute atomic E-state index is 5.51.